The molecule has 0 saturated heterocycles. The standard InChI is InChI=1S/C14H19N/c15-4-2-1-3-14-8-11-5-12(9-14)7-13(6-11)10-14/h1,3,11-13H,2,5-10H2/b3-1+. The van der Waals surface area contributed by atoms with Crippen molar-refractivity contribution in [2.45, 2.75) is 44.9 Å². The Morgan fingerprint density at radius 2 is 1.60 bits per heavy atom. The van der Waals surface area contributed by atoms with Gasteiger partial charge in [-0.3, -0.25) is 0 Å². The van der Waals surface area contributed by atoms with Crippen LogP contribution in [0.3, 0.4) is 0 Å². The van der Waals surface area contributed by atoms with E-state index in [0.29, 0.717) is 11.8 Å². The fourth-order valence-corrected chi connectivity index (χ4v) is 4.74. The summed E-state index contributed by atoms with van der Waals surface area (Å²) in [6, 6.07) is 2.21. The molecule has 4 saturated carbocycles. The molecule has 4 aliphatic rings. The molecule has 0 amide bonds. The molecule has 0 aromatic carbocycles. The largest absolute Gasteiger partial charge is 0.198 e. The molecule has 0 N–H and O–H groups in total. The molecule has 1 heteroatoms. The first-order valence-corrected chi connectivity index (χ1v) is 6.34. The van der Waals surface area contributed by atoms with Crippen molar-refractivity contribution in [1.29, 1.82) is 5.26 Å². The normalized spacial score (nSPS) is 47.3. The summed E-state index contributed by atoms with van der Waals surface area (Å²) in [5.74, 6) is 3.05. The molecule has 0 aromatic rings. The number of allylic oxidation sites excluding steroid dienone is 2. The SMILES string of the molecule is N#CC/C=C/C12CC3CC(CC(C3)C1)C2. The van der Waals surface area contributed by atoms with Gasteiger partial charge in [0.25, 0.3) is 0 Å². The minimum atomic E-state index is 0.519. The first-order chi connectivity index (χ1) is 7.30. The Kier molecular flexibility index (Phi) is 2.12. The highest BCUT2D eigenvalue weighted by Crippen LogP contribution is 2.60. The van der Waals surface area contributed by atoms with Gasteiger partial charge in [0.05, 0.1) is 12.5 Å². The summed E-state index contributed by atoms with van der Waals surface area (Å²) in [4.78, 5) is 0. The number of hydrogen-bond donors (Lipinski definition) is 0. The Bertz CT molecular complexity index is 285. The third kappa shape index (κ3) is 1.61. The second-order valence-corrected chi connectivity index (χ2v) is 6.04. The van der Waals surface area contributed by atoms with E-state index in [-0.39, 0.29) is 0 Å². The molecule has 4 bridgehead atoms. The lowest BCUT2D eigenvalue weighted by molar-refractivity contribution is -0.0238. The molecule has 15 heavy (non-hydrogen) atoms. The van der Waals surface area contributed by atoms with Crippen LogP contribution in [-0.4, -0.2) is 0 Å². The molecular weight excluding hydrogens is 182 g/mol. The Labute approximate surface area is 92.2 Å². The smallest absolute Gasteiger partial charge is 0.0663 e. The predicted molar refractivity (Wildman–Crippen MR) is 60.0 cm³/mol. The average molecular weight is 201 g/mol. The maximum atomic E-state index is 8.58. The van der Waals surface area contributed by atoms with E-state index in [1.165, 1.54) is 38.5 Å². The molecule has 0 aromatic heterocycles. The van der Waals surface area contributed by atoms with E-state index in [9.17, 15) is 0 Å². The van der Waals surface area contributed by atoms with Crippen LogP contribution in [0.1, 0.15) is 44.9 Å². The molecule has 80 valence electrons. The first kappa shape index (κ1) is 9.46. The van der Waals surface area contributed by atoms with Gasteiger partial charge in [-0.1, -0.05) is 12.2 Å². The fraction of sp³-hybridized carbons (Fsp3) is 0.786. The summed E-state index contributed by atoms with van der Waals surface area (Å²) in [5.41, 5.74) is 0.519. The third-order valence-corrected chi connectivity index (χ3v) is 4.77. The number of hydrogen-bond acceptors (Lipinski definition) is 1. The summed E-state index contributed by atoms with van der Waals surface area (Å²) in [6.45, 7) is 0. The third-order valence-electron chi connectivity index (χ3n) is 4.77. The summed E-state index contributed by atoms with van der Waals surface area (Å²) < 4.78 is 0. The maximum absolute atomic E-state index is 8.58. The monoisotopic (exact) mass is 201 g/mol. The predicted octanol–water partition coefficient (Wildman–Crippen LogP) is 3.67. The van der Waals surface area contributed by atoms with Gasteiger partial charge in [-0.15, -0.1) is 0 Å². The lowest BCUT2D eigenvalue weighted by atomic mass is 9.49. The molecular formula is C14H19N. The zero-order valence-corrected chi connectivity index (χ0v) is 9.28. The van der Waals surface area contributed by atoms with E-state index in [2.05, 4.69) is 18.2 Å². The summed E-state index contributed by atoms with van der Waals surface area (Å²) in [5, 5.41) is 8.58. The van der Waals surface area contributed by atoms with Crippen LogP contribution in [0, 0.1) is 34.5 Å². The van der Waals surface area contributed by atoms with Crippen LogP contribution in [0.15, 0.2) is 12.2 Å². The Hall–Kier alpha value is -0.770. The Morgan fingerprint density at radius 3 is 2.07 bits per heavy atom. The number of rotatable bonds is 2. The minimum absolute atomic E-state index is 0.519. The highest BCUT2D eigenvalue weighted by Gasteiger charge is 2.49. The van der Waals surface area contributed by atoms with Crippen molar-refractivity contribution in [3.05, 3.63) is 12.2 Å². The highest BCUT2D eigenvalue weighted by molar-refractivity contribution is 5.11. The number of nitriles is 1. The van der Waals surface area contributed by atoms with Crippen molar-refractivity contribution < 1.29 is 0 Å². The van der Waals surface area contributed by atoms with E-state index in [1.54, 1.807) is 0 Å². The van der Waals surface area contributed by atoms with E-state index in [1.807, 2.05) is 0 Å². The maximum Gasteiger partial charge on any atom is 0.0663 e. The topological polar surface area (TPSA) is 23.8 Å². The quantitative estimate of drug-likeness (QED) is 0.625. The van der Waals surface area contributed by atoms with Crippen LogP contribution in [-0.2, 0) is 0 Å². The second-order valence-electron chi connectivity index (χ2n) is 6.04. The molecule has 0 atom stereocenters. The second kappa shape index (κ2) is 3.37. The van der Waals surface area contributed by atoms with E-state index in [4.69, 9.17) is 5.26 Å². The van der Waals surface area contributed by atoms with Gasteiger partial charge in [0, 0.05) is 0 Å². The number of nitrogens with zero attached hydrogens (tertiary/aromatic N) is 1. The minimum Gasteiger partial charge on any atom is -0.198 e. The lowest BCUT2D eigenvalue weighted by Gasteiger charge is -2.55. The molecule has 1 nitrogen and oxygen atoms in total. The lowest BCUT2D eigenvalue weighted by Crippen LogP contribution is -2.44. The van der Waals surface area contributed by atoms with Crippen molar-refractivity contribution in [1.82, 2.24) is 0 Å². The average Bonchev–Trinajstić information content (AvgIpc) is 2.15. The van der Waals surface area contributed by atoms with Crippen LogP contribution in [0.4, 0.5) is 0 Å². The van der Waals surface area contributed by atoms with Gasteiger partial charge < -0.3 is 0 Å². The van der Waals surface area contributed by atoms with Gasteiger partial charge in [0.15, 0.2) is 0 Å². The van der Waals surface area contributed by atoms with Crippen molar-refractivity contribution in [3.63, 3.8) is 0 Å². The van der Waals surface area contributed by atoms with Crippen molar-refractivity contribution in [2.24, 2.45) is 23.2 Å². The van der Waals surface area contributed by atoms with Gasteiger partial charge in [0.2, 0.25) is 0 Å². The van der Waals surface area contributed by atoms with Gasteiger partial charge in [0.1, 0.15) is 0 Å². The van der Waals surface area contributed by atoms with Gasteiger partial charge in [-0.2, -0.15) is 5.26 Å². The molecule has 0 radical (unpaired) electrons. The summed E-state index contributed by atoms with van der Waals surface area (Å²) in [6.07, 6.45) is 13.9. The molecule has 4 fully saturated rings. The van der Waals surface area contributed by atoms with Crippen LogP contribution in [0.2, 0.25) is 0 Å². The summed E-state index contributed by atoms with van der Waals surface area (Å²) >= 11 is 0. The van der Waals surface area contributed by atoms with Crippen LogP contribution in [0.5, 0.6) is 0 Å². The molecule has 0 unspecified atom stereocenters. The van der Waals surface area contributed by atoms with Crippen molar-refractivity contribution in [2.75, 3.05) is 0 Å². The van der Waals surface area contributed by atoms with Crippen molar-refractivity contribution in [3.8, 4) is 6.07 Å². The van der Waals surface area contributed by atoms with Gasteiger partial charge in [-0.25, -0.2) is 0 Å². The Morgan fingerprint density at radius 1 is 1.07 bits per heavy atom. The molecule has 0 aliphatic heterocycles. The molecule has 0 spiro atoms. The van der Waals surface area contributed by atoms with Crippen LogP contribution >= 0.6 is 0 Å². The molecule has 4 aliphatic carbocycles. The zero-order chi connectivity index (χ0) is 10.3. The fourth-order valence-electron chi connectivity index (χ4n) is 4.74. The molecule has 0 heterocycles. The van der Waals surface area contributed by atoms with E-state index >= 15 is 0 Å². The van der Waals surface area contributed by atoms with Crippen molar-refractivity contribution >= 4 is 0 Å². The first-order valence-electron chi connectivity index (χ1n) is 6.34. The summed E-state index contributed by atoms with van der Waals surface area (Å²) in [7, 11) is 0. The molecule has 4 rings (SSSR count). The van der Waals surface area contributed by atoms with Crippen LogP contribution < -0.4 is 0 Å². The van der Waals surface area contributed by atoms with Gasteiger partial charge >= 0.3 is 0 Å². The zero-order valence-electron chi connectivity index (χ0n) is 9.28. The van der Waals surface area contributed by atoms with E-state index in [0.717, 1.165) is 17.8 Å². The highest BCUT2D eigenvalue weighted by atomic mass is 14.5. The van der Waals surface area contributed by atoms with E-state index < -0.39 is 0 Å². The van der Waals surface area contributed by atoms with Crippen LogP contribution in [0.25, 0.3) is 0 Å². The Balaban J connectivity index is 1.78. The van der Waals surface area contributed by atoms with Gasteiger partial charge in [-0.05, 0) is 61.7 Å².